The molecule has 2 rings (SSSR count). The lowest BCUT2D eigenvalue weighted by Crippen LogP contribution is -2.35. The van der Waals surface area contributed by atoms with E-state index in [4.69, 9.17) is 9.47 Å². The molecule has 0 N–H and O–H groups in total. The first-order chi connectivity index (χ1) is 13.7. The van der Waals surface area contributed by atoms with Crippen molar-refractivity contribution >= 4 is 50.8 Å². The van der Waals surface area contributed by atoms with Crippen LogP contribution in [-0.4, -0.2) is 54.9 Å². The quantitative estimate of drug-likeness (QED) is 0.428. The summed E-state index contributed by atoms with van der Waals surface area (Å²) in [6, 6.07) is 3.64. The topological polar surface area (TPSA) is 77.4 Å². The van der Waals surface area contributed by atoms with Gasteiger partial charge in [-0.2, -0.15) is 0 Å². The van der Waals surface area contributed by atoms with Gasteiger partial charge in [-0.25, -0.2) is 4.79 Å². The molecule has 7 nitrogen and oxygen atoms in total. The largest absolute Gasteiger partial charge is 0.493 e. The van der Waals surface area contributed by atoms with E-state index in [2.05, 4.69) is 25.7 Å². The molecule has 0 bridgehead atoms. The average Bonchev–Trinajstić information content (AvgIpc) is 2.94. The van der Waals surface area contributed by atoms with Crippen molar-refractivity contribution in [1.82, 2.24) is 4.90 Å². The number of thioether (sulfide) groups is 1. The second-order valence-corrected chi connectivity index (χ2v) is 8.65. The standard InChI is InChI=1S/C20H25BrN2O5S/c1-11(2)22-20-23(12(3)4)19(25)16(29-20)9-13-7-14(21)18(15(8-13)26-5)28-10-17(24)27-6/h7-9,11-12H,10H2,1-6H3/b16-9+,22-20?. The summed E-state index contributed by atoms with van der Waals surface area (Å²) in [4.78, 5) is 31.1. The number of carbonyl (C=O) groups excluding carboxylic acids is 2. The highest BCUT2D eigenvalue weighted by Crippen LogP contribution is 2.39. The molecule has 0 radical (unpaired) electrons. The van der Waals surface area contributed by atoms with Crippen LogP contribution in [0.25, 0.3) is 6.08 Å². The van der Waals surface area contributed by atoms with Crippen LogP contribution in [-0.2, 0) is 14.3 Å². The first-order valence-electron chi connectivity index (χ1n) is 9.06. The molecule has 1 aliphatic rings. The molecule has 29 heavy (non-hydrogen) atoms. The number of methoxy groups -OCH3 is 2. The summed E-state index contributed by atoms with van der Waals surface area (Å²) in [6.45, 7) is 7.65. The fourth-order valence-corrected chi connectivity index (χ4v) is 4.36. The molecule has 1 aliphatic heterocycles. The lowest BCUT2D eigenvalue weighted by Gasteiger charge is -2.20. The Kier molecular flexibility index (Phi) is 8.15. The predicted octanol–water partition coefficient (Wildman–Crippen LogP) is 4.10. The smallest absolute Gasteiger partial charge is 0.343 e. The van der Waals surface area contributed by atoms with Gasteiger partial charge in [0.25, 0.3) is 5.91 Å². The molecule has 9 heteroatoms. The van der Waals surface area contributed by atoms with Crippen molar-refractivity contribution in [3.05, 3.63) is 27.1 Å². The summed E-state index contributed by atoms with van der Waals surface area (Å²) < 4.78 is 16.1. The molecule has 0 aromatic heterocycles. The third kappa shape index (κ3) is 5.76. The summed E-state index contributed by atoms with van der Waals surface area (Å²) in [6.07, 6.45) is 1.79. The molecule has 1 amide bonds. The number of hydrogen-bond donors (Lipinski definition) is 0. The summed E-state index contributed by atoms with van der Waals surface area (Å²) in [7, 11) is 2.80. The third-order valence-corrected chi connectivity index (χ3v) is 5.42. The van der Waals surface area contributed by atoms with Crippen LogP contribution in [0.5, 0.6) is 11.5 Å². The van der Waals surface area contributed by atoms with Crippen LogP contribution < -0.4 is 9.47 Å². The maximum atomic E-state index is 12.9. The molecule has 0 aliphatic carbocycles. The molecule has 1 fully saturated rings. The van der Waals surface area contributed by atoms with Crippen molar-refractivity contribution in [3.63, 3.8) is 0 Å². The van der Waals surface area contributed by atoms with Crippen LogP contribution in [0.15, 0.2) is 26.5 Å². The molecule has 158 valence electrons. The van der Waals surface area contributed by atoms with Gasteiger partial charge in [-0.05, 0) is 79.2 Å². The molecule has 0 saturated carbocycles. The van der Waals surface area contributed by atoms with Crippen LogP contribution >= 0.6 is 27.7 Å². The number of rotatable bonds is 7. The van der Waals surface area contributed by atoms with E-state index in [0.29, 0.717) is 26.0 Å². The van der Waals surface area contributed by atoms with Crippen molar-refractivity contribution in [2.75, 3.05) is 20.8 Å². The summed E-state index contributed by atoms with van der Waals surface area (Å²) in [5.74, 6) is 0.244. The molecule has 1 aromatic rings. The van der Waals surface area contributed by atoms with Crippen molar-refractivity contribution in [3.8, 4) is 11.5 Å². The van der Waals surface area contributed by atoms with E-state index >= 15 is 0 Å². The van der Waals surface area contributed by atoms with Crippen LogP contribution in [0.1, 0.15) is 33.3 Å². The number of hydrogen-bond acceptors (Lipinski definition) is 7. The Hall–Kier alpha value is -2.00. The van der Waals surface area contributed by atoms with E-state index in [1.54, 1.807) is 23.1 Å². The monoisotopic (exact) mass is 484 g/mol. The van der Waals surface area contributed by atoms with Gasteiger partial charge >= 0.3 is 5.97 Å². The Morgan fingerprint density at radius 3 is 2.52 bits per heavy atom. The van der Waals surface area contributed by atoms with E-state index in [-0.39, 0.29) is 24.6 Å². The SMILES string of the molecule is COC(=O)COc1c(Br)cc(/C=C2/SC(=NC(C)C)N(C(C)C)C2=O)cc1OC. The summed E-state index contributed by atoms with van der Waals surface area (Å²) in [5, 5.41) is 0.704. The highest BCUT2D eigenvalue weighted by Gasteiger charge is 2.35. The van der Waals surface area contributed by atoms with Crippen molar-refractivity contribution in [1.29, 1.82) is 0 Å². The number of amidine groups is 1. The Bertz CT molecular complexity index is 852. The van der Waals surface area contributed by atoms with Gasteiger partial charge in [0.15, 0.2) is 23.3 Å². The van der Waals surface area contributed by atoms with E-state index < -0.39 is 5.97 Å². The molecular formula is C20H25BrN2O5S. The van der Waals surface area contributed by atoms with E-state index in [1.165, 1.54) is 26.0 Å². The maximum absolute atomic E-state index is 12.9. The van der Waals surface area contributed by atoms with E-state index in [9.17, 15) is 9.59 Å². The van der Waals surface area contributed by atoms with Crippen molar-refractivity contribution in [2.45, 2.75) is 39.8 Å². The zero-order valence-electron chi connectivity index (χ0n) is 17.3. The number of ether oxygens (including phenoxy) is 3. The normalized spacial score (nSPS) is 17.0. The van der Waals surface area contributed by atoms with Crippen LogP contribution in [0.3, 0.4) is 0 Å². The van der Waals surface area contributed by atoms with E-state index in [1.807, 2.05) is 27.7 Å². The van der Waals surface area contributed by atoms with Crippen molar-refractivity contribution < 1.29 is 23.8 Å². The Morgan fingerprint density at radius 1 is 1.28 bits per heavy atom. The first-order valence-corrected chi connectivity index (χ1v) is 10.7. The van der Waals surface area contributed by atoms with Gasteiger partial charge in [0.05, 0.1) is 23.6 Å². The molecule has 0 atom stereocenters. The number of benzene rings is 1. The number of esters is 1. The zero-order valence-corrected chi connectivity index (χ0v) is 19.7. The van der Waals surface area contributed by atoms with Gasteiger partial charge in [0.2, 0.25) is 0 Å². The molecule has 0 unspecified atom stereocenters. The van der Waals surface area contributed by atoms with Gasteiger partial charge in [0, 0.05) is 12.1 Å². The molecule has 1 aromatic carbocycles. The second-order valence-electron chi connectivity index (χ2n) is 6.78. The minimum Gasteiger partial charge on any atom is -0.493 e. The molecule has 1 heterocycles. The van der Waals surface area contributed by atoms with Gasteiger partial charge in [-0.3, -0.25) is 14.7 Å². The van der Waals surface area contributed by atoms with Crippen LogP contribution in [0.2, 0.25) is 0 Å². The minimum absolute atomic E-state index is 0.00812. The van der Waals surface area contributed by atoms with E-state index in [0.717, 1.165) is 5.56 Å². The lowest BCUT2D eigenvalue weighted by atomic mass is 10.1. The highest BCUT2D eigenvalue weighted by atomic mass is 79.9. The average molecular weight is 485 g/mol. The molecular weight excluding hydrogens is 460 g/mol. The molecule has 0 spiro atoms. The minimum atomic E-state index is -0.496. The zero-order chi connectivity index (χ0) is 21.7. The van der Waals surface area contributed by atoms with Gasteiger partial charge in [-0.15, -0.1) is 0 Å². The fourth-order valence-electron chi connectivity index (χ4n) is 2.56. The number of carbonyl (C=O) groups is 2. The summed E-state index contributed by atoms with van der Waals surface area (Å²) >= 11 is 4.80. The Balaban J connectivity index is 2.37. The van der Waals surface area contributed by atoms with Gasteiger partial charge in [0.1, 0.15) is 0 Å². The predicted molar refractivity (Wildman–Crippen MR) is 118 cm³/mol. The third-order valence-electron chi connectivity index (χ3n) is 3.83. The number of amides is 1. The molecule has 1 saturated heterocycles. The first kappa shape index (κ1) is 23.3. The van der Waals surface area contributed by atoms with Crippen LogP contribution in [0.4, 0.5) is 0 Å². The Morgan fingerprint density at radius 2 is 1.97 bits per heavy atom. The van der Waals surface area contributed by atoms with Gasteiger partial charge < -0.3 is 14.2 Å². The van der Waals surface area contributed by atoms with Crippen molar-refractivity contribution in [2.24, 2.45) is 4.99 Å². The highest BCUT2D eigenvalue weighted by molar-refractivity contribution is 9.10. The van der Waals surface area contributed by atoms with Gasteiger partial charge in [-0.1, -0.05) is 0 Å². The number of halogens is 1. The number of nitrogens with zero attached hydrogens (tertiary/aromatic N) is 2. The number of aliphatic imine (C=N–C) groups is 1. The second kappa shape index (κ2) is 10.2. The fraction of sp³-hybridized carbons (Fsp3) is 0.450. The lowest BCUT2D eigenvalue weighted by molar-refractivity contribution is -0.143. The Labute approximate surface area is 183 Å². The van der Waals surface area contributed by atoms with Crippen LogP contribution in [0, 0.1) is 0 Å². The summed E-state index contributed by atoms with van der Waals surface area (Å²) in [5.41, 5.74) is 0.754. The maximum Gasteiger partial charge on any atom is 0.343 e.